The predicted octanol–water partition coefficient (Wildman–Crippen LogP) is 1.67. The number of ether oxygens (including phenoxy) is 1. The van der Waals surface area contributed by atoms with Gasteiger partial charge in [-0.15, -0.1) is 0 Å². The zero-order valence-electron chi connectivity index (χ0n) is 9.04. The Morgan fingerprint density at radius 2 is 1.87 bits per heavy atom. The van der Waals surface area contributed by atoms with Crippen LogP contribution in [0.5, 0.6) is 0 Å². The van der Waals surface area contributed by atoms with Gasteiger partial charge in [-0.25, -0.2) is 4.79 Å². The highest BCUT2D eigenvalue weighted by Crippen LogP contribution is 2.10. The molecule has 0 fully saturated rings. The normalized spacial score (nSPS) is 9.40. The second-order valence-electron chi connectivity index (χ2n) is 3.24. The molecule has 0 aliphatic rings. The topological polar surface area (TPSA) is 69.4 Å². The van der Waals surface area contributed by atoms with Crippen molar-refractivity contribution in [3.63, 3.8) is 0 Å². The largest absolute Gasteiger partial charge is 0.418 e. The Kier molecular flexibility index (Phi) is 6.09. The molecule has 0 aliphatic heterocycles. The van der Waals surface area contributed by atoms with Crippen molar-refractivity contribution >= 4 is 11.9 Å². The molecule has 0 saturated heterocycles. The summed E-state index contributed by atoms with van der Waals surface area (Å²) in [6.07, 6.45) is 3.55. The van der Waals surface area contributed by atoms with Gasteiger partial charge >= 0.3 is 5.97 Å². The maximum Gasteiger partial charge on any atom is 0.338 e. The van der Waals surface area contributed by atoms with Crippen LogP contribution in [-0.4, -0.2) is 11.9 Å². The van der Waals surface area contributed by atoms with Crippen molar-refractivity contribution in [3.8, 4) is 0 Å². The number of carbonyl (C=O) groups is 2. The SMILES string of the molecule is C=C(CCCCC)C(=O)OC(=C)C(N)=O. The highest BCUT2D eigenvalue weighted by Gasteiger charge is 2.12. The van der Waals surface area contributed by atoms with E-state index in [2.05, 4.69) is 24.8 Å². The van der Waals surface area contributed by atoms with Crippen molar-refractivity contribution in [1.29, 1.82) is 0 Å². The fourth-order valence-electron chi connectivity index (χ4n) is 0.925. The molecule has 0 atom stereocenters. The molecule has 4 nitrogen and oxygen atoms in total. The van der Waals surface area contributed by atoms with Crippen LogP contribution in [0.2, 0.25) is 0 Å². The lowest BCUT2D eigenvalue weighted by molar-refractivity contribution is -0.138. The Labute approximate surface area is 89.8 Å². The quantitative estimate of drug-likeness (QED) is 0.301. The molecule has 0 aromatic heterocycles. The van der Waals surface area contributed by atoms with E-state index in [1.807, 2.05) is 0 Å². The summed E-state index contributed by atoms with van der Waals surface area (Å²) in [5.41, 5.74) is 5.20. The molecule has 0 aromatic carbocycles. The number of hydrogen-bond donors (Lipinski definition) is 1. The van der Waals surface area contributed by atoms with E-state index in [1.54, 1.807) is 0 Å². The van der Waals surface area contributed by atoms with Gasteiger partial charge in [-0.05, 0) is 12.8 Å². The number of amides is 1. The van der Waals surface area contributed by atoms with Crippen molar-refractivity contribution in [1.82, 2.24) is 0 Å². The lowest BCUT2D eigenvalue weighted by Crippen LogP contribution is -2.18. The molecular weight excluding hydrogens is 194 g/mol. The fraction of sp³-hybridized carbons (Fsp3) is 0.455. The zero-order valence-corrected chi connectivity index (χ0v) is 9.04. The van der Waals surface area contributed by atoms with Gasteiger partial charge in [0.15, 0.2) is 5.76 Å². The molecule has 84 valence electrons. The number of unbranched alkanes of at least 4 members (excludes halogenated alkanes) is 2. The summed E-state index contributed by atoms with van der Waals surface area (Å²) in [7, 11) is 0. The number of esters is 1. The van der Waals surface area contributed by atoms with Gasteiger partial charge in [-0.1, -0.05) is 32.9 Å². The van der Waals surface area contributed by atoms with Crippen LogP contribution < -0.4 is 5.73 Å². The Bertz CT molecular complexity index is 282. The third-order valence-electron chi connectivity index (χ3n) is 1.86. The third-order valence-corrected chi connectivity index (χ3v) is 1.86. The van der Waals surface area contributed by atoms with Gasteiger partial charge in [0.2, 0.25) is 0 Å². The van der Waals surface area contributed by atoms with E-state index in [-0.39, 0.29) is 5.76 Å². The van der Waals surface area contributed by atoms with E-state index in [4.69, 9.17) is 5.73 Å². The van der Waals surface area contributed by atoms with Crippen LogP contribution in [0.4, 0.5) is 0 Å². The molecule has 1 amide bonds. The second kappa shape index (κ2) is 6.81. The summed E-state index contributed by atoms with van der Waals surface area (Å²) in [4.78, 5) is 21.8. The van der Waals surface area contributed by atoms with E-state index in [0.717, 1.165) is 19.3 Å². The van der Waals surface area contributed by atoms with Crippen molar-refractivity contribution in [2.75, 3.05) is 0 Å². The van der Waals surface area contributed by atoms with Crippen molar-refractivity contribution in [2.45, 2.75) is 32.6 Å². The minimum atomic E-state index is -0.843. The van der Waals surface area contributed by atoms with Gasteiger partial charge in [0.1, 0.15) is 0 Å². The monoisotopic (exact) mass is 211 g/mol. The van der Waals surface area contributed by atoms with Crippen LogP contribution >= 0.6 is 0 Å². The summed E-state index contributed by atoms with van der Waals surface area (Å²) in [5, 5.41) is 0. The average molecular weight is 211 g/mol. The summed E-state index contributed by atoms with van der Waals surface area (Å²) in [5.74, 6) is -1.82. The molecular formula is C11H17NO3. The number of carbonyl (C=O) groups excluding carboxylic acids is 2. The van der Waals surface area contributed by atoms with E-state index in [9.17, 15) is 9.59 Å². The summed E-state index contributed by atoms with van der Waals surface area (Å²) >= 11 is 0. The Balaban J connectivity index is 3.94. The zero-order chi connectivity index (χ0) is 11.8. The summed E-state index contributed by atoms with van der Waals surface area (Å²) in [6, 6.07) is 0. The van der Waals surface area contributed by atoms with Crippen LogP contribution in [0.25, 0.3) is 0 Å². The van der Waals surface area contributed by atoms with Gasteiger partial charge in [0.05, 0.1) is 0 Å². The first kappa shape index (κ1) is 13.4. The summed E-state index contributed by atoms with van der Waals surface area (Å²) in [6.45, 7) is 8.85. The molecule has 15 heavy (non-hydrogen) atoms. The fourth-order valence-corrected chi connectivity index (χ4v) is 0.925. The van der Waals surface area contributed by atoms with Gasteiger partial charge in [0, 0.05) is 5.57 Å². The molecule has 0 radical (unpaired) electrons. The van der Waals surface area contributed by atoms with Gasteiger partial charge in [0.25, 0.3) is 5.91 Å². The van der Waals surface area contributed by atoms with Crippen LogP contribution in [-0.2, 0) is 14.3 Å². The first-order valence-electron chi connectivity index (χ1n) is 4.87. The van der Waals surface area contributed by atoms with Gasteiger partial charge in [-0.3, -0.25) is 4.79 Å². The molecule has 0 spiro atoms. The van der Waals surface area contributed by atoms with E-state index in [0.29, 0.717) is 12.0 Å². The molecule has 0 unspecified atom stereocenters. The highest BCUT2D eigenvalue weighted by molar-refractivity contribution is 5.95. The second-order valence-corrected chi connectivity index (χ2v) is 3.24. The molecule has 0 rings (SSSR count). The first-order valence-corrected chi connectivity index (χ1v) is 4.87. The number of rotatable bonds is 7. The smallest absolute Gasteiger partial charge is 0.338 e. The first-order chi connectivity index (χ1) is 6.99. The number of hydrogen-bond acceptors (Lipinski definition) is 3. The average Bonchev–Trinajstić information content (AvgIpc) is 2.17. The number of primary amides is 1. The molecule has 0 aromatic rings. The Morgan fingerprint density at radius 3 is 2.33 bits per heavy atom. The summed E-state index contributed by atoms with van der Waals surface area (Å²) < 4.78 is 4.60. The Hall–Kier alpha value is -1.58. The minimum Gasteiger partial charge on any atom is -0.418 e. The van der Waals surface area contributed by atoms with Crippen molar-refractivity contribution < 1.29 is 14.3 Å². The molecule has 4 heteroatoms. The molecule has 0 saturated carbocycles. The van der Waals surface area contributed by atoms with Crippen molar-refractivity contribution in [3.05, 3.63) is 24.5 Å². The Morgan fingerprint density at radius 1 is 1.27 bits per heavy atom. The maximum absolute atomic E-state index is 11.3. The molecule has 2 N–H and O–H groups in total. The molecule has 0 bridgehead atoms. The van der Waals surface area contributed by atoms with Crippen LogP contribution in [0, 0.1) is 0 Å². The van der Waals surface area contributed by atoms with E-state index >= 15 is 0 Å². The predicted molar refractivity (Wildman–Crippen MR) is 57.7 cm³/mol. The molecule has 0 heterocycles. The minimum absolute atomic E-state index is 0.339. The maximum atomic E-state index is 11.3. The van der Waals surface area contributed by atoms with Gasteiger partial charge < -0.3 is 10.5 Å². The standard InChI is InChI=1S/C11H17NO3/c1-4-5-6-7-8(2)11(14)15-9(3)10(12)13/h2-7H2,1H3,(H2,12,13). The lowest BCUT2D eigenvalue weighted by Gasteiger charge is -2.05. The van der Waals surface area contributed by atoms with Gasteiger partial charge in [-0.2, -0.15) is 0 Å². The number of nitrogens with two attached hydrogens (primary N) is 1. The molecule has 0 aliphatic carbocycles. The highest BCUT2D eigenvalue weighted by atomic mass is 16.5. The third kappa shape index (κ3) is 5.67. The van der Waals surface area contributed by atoms with E-state index < -0.39 is 11.9 Å². The van der Waals surface area contributed by atoms with E-state index in [1.165, 1.54) is 0 Å². The lowest BCUT2D eigenvalue weighted by atomic mass is 10.1. The van der Waals surface area contributed by atoms with Crippen molar-refractivity contribution in [2.24, 2.45) is 5.73 Å². The van der Waals surface area contributed by atoms with Crippen LogP contribution in [0.1, 0.15) is 32.6 Å². The van der Waals surface area contributed by atoms with Crippen LogP contribution in [0.3, 0.4) is 0 Å². The van der Waals surface area contributed by atoms with Crippen LogP contribution in [0.15, 0.2) is 24.5 Å².